The summed E-state index contributed by atoms with van der Waals surface area (Å²) in [5, 5.41) is 8.81. The summed E-state index contributed by atoms with van der Waals surface area (Å²) in [5.74, 6) is -1.17. The molecule has 1 aliphatic carbocycles. The zero-order valence-corrected chi connectivity index (χ0v) is 11.2. The minimum atomic E-state index is -0.979. The molecule has 0 atom stereocenters. The quantitative estimate of drug-likeness (QED) is 0.903. The summed E-state index contributed by atoms with van der Waals surface area (Å²) in [6.07, 6.45) is 4.47. The SMILES string of the molecule is CCN(CC(=O)O)C(=O)c1ccc2c(c1)CCCC2. The molecule has 1 aromatic rings. The second-order valence-corrected chi connectivity index (χ2v) is 4.90. The molecule has 0 heterocycles. The van der Waals surface area contributed by atoms with E-state index in [-0.39, 0.29) is 12.5 Å². The third-order valence-electron chi connectivity index (χ3n) is 3.59. The maximum absolute atomic E-state index is 12.3. The highest BCUT2D eigenvalue weighted by Gasteiger charge is 2.18. The van der Waals surface area contributed by atoms with Gasteiger partial charge in [0.05, 0.1) is 0 Å². The standard InChI is InChI=1S/C15H19NO3/c1-2-16(10-14(17)18)15(19)13-8-7-11-5-3-4-6-12(11)9-13/h7-9H,2-6,10H2,1H3,(H,17,18). The van der Waals surface area contributed by atoms with Crippen molar-refractivity contribution in [2.45, 2.75) is 32.6 Å². The Labute approximate surface area is 113 Å². The first kappa shape index (κ1) is 13.6. The number of rotatable bonds is 4. The topological polar surface area (TPSA) is 57.6 Å². The van der Waals surface area contributed by atoms with Crippen LogP contribution in [0.4, 0.5) is 0 Å². The van der Waals surface area contributed by atoms with Gasteiger partial charge in [-0.3, -0.25) is 9.59 Å². The Bertz CT molecular complexity index is 496. The Morgan fingerprint density at radius 3 is 2.53 bits per heavy atom. The van der Waals surface area contributed by atoms with Crippen LogP contribution in [0.5, 0.6) is 0 Å². The van der Waals surface area contributed by atoms with Crippen molar-refractivity contribution >= 4 is 11.9 Å². The highest BCUT2D eigenvalue weighted by molar-refractivity contribution is 5.96. The highest BCUT2D eigenvalue weighted by Crippen LogP contribution is 2.22. The maximum Gasteiger partial charge on any atom is 0.323 e. The lowest BCUT2D eigenvalue weighted by Crippen LogP contribution is -2.35. The molecule has 0 saturated carbocycles. The number of nitrogens with zero attached hydrogens (tertiary/aromatic N) is 1. The number of hydrogen-bond acceptors (Lipinski definition) is 2. The smallest absolute Gasteiger partial charge is 0.323 e. The summed E-state index contributed by atoms with van der Waals surface area (Å²) in [5.41, 5.74) is 3.16. The third kappa shape index (κ3) is 3.13. The maximum atomic E-state index is 12.3. The van der Waals surface area contributed by atoms with E-state index in [2.05, 4.69) is 0 Å². The Balaban J connectivity index is 2.20. The average Bonchev–Trinajstić information content (AvgIpc) is 2.43. The van der Waals surface area contributed by atoms with E-state index >= 15 is 0 Å². The Hall–Kier alpha value is -1.84. The molecular weight excluding hydrogens is 242 g/mol. The molecule has 1 amide bonds. The van der Waals surface area contributed by atoms with Crippen molar-refractivity contribution in [3.63, 3.8) is 0 Å². The summed E-state index contributed by atoms with van der Waals surface area (Å²) < 4.78 is 0. The van der Waals surface area contributed by atoms with Crippen molar-refractivity contribution in [3.8, 4) is 0 Å². The number of likely N-dealkylation sites (N-methyl/N-ethyl adjacent to an activating group) is 1. The van der Waals surface area contributed by atoms with Crippen LogP contribution < -0.4 is 0 Å². The van der Waals surface area contributed by atoms with E-state index in [1.807, 2.05) is 18.2 Å². The summed E-state index contributed by atoms with van der Waals surface area (Å²) in [7, 11) is 0. The molecule has 4 heteroatoms. The molecule has 1 aromatic carbocycles. The molecule has 2 rings (SSSR count). The normalized spacial score (nSPS) is 13.7. The molecule has 0 bridgehead atoms. The minimum absolute atomic E-state index is 0.196. The zero-order valence-electron chi connectivity index (χ0n) is 11.2. The molecule has 19 heavy (non-hydrogen) atoms. The first-order valence-corrected chi connectivity index (χ1v) is 6.74. The second-order valence-electron chi connectivity index (χ2n) is 4.90. The van der Waals surface area contributed by atoms with Gasteiger partial charge in [-0.1, -0.05) is 6.07 Å². The largest absolute Gasteiger partial charge is 0.480 e. The Kier molecular flexibility index (Phi) is 4.20. The van der Waals surface area contributed by atoms with Crippen molar-refractivity contribution in [3.05, 3.63) is 34.9 Å². The van der Waals surface area contributed by atoms with Gasteiger partial charge in [-0.05, 0) is 55.9 Å². The van der Waals surface area contributed by atoms with E-state index in [0.29, 0.717) is 12.1 Å². The van der Waals surface area contributed by atoms with E-state index in [1.165, 1.54) is 22.4 Å². The van der Waals surface area contributed by atoms with Gasteiger partial charge in [0.1, 0.15) is 6.54 Å². The van der Waals surface area contributed by atoms with Crippen molar-refractivity contribution in [2.24, 2.45) is 0 Å². The number of carboxylic acids is 1. The summed E-state index contributed by atoms with van der Waals surface area (Å²) in [6, 6.07) is 5.76. The van der Waals surface area contributed by atoms with Crippen LogP contribution in [-0.4, -0.2) is 35.0 Å². The van der Waals surface area contributed by atoms with Crippen molar-refractivity contribution in [2.75, 3.05) is 13.1 Å². The van der Waals surface area contributed by atoms with E-state index in [4.69, 9.17) is 5.11 Å². The third-order valence-corrected chi connectivity index (χ3v) is 3.59. The van der Waals surface area contributed by atoms with Crippen LogP contribution in [0.1, 0.15) is 41.3 Å². The van der Waals surface area contributed by atoms with Gasteiger partial charge in [-0.15, -0.1) is 0 Å². The van der Waals surface area contributed by atoms with Gasteiger partial charge in [0.2, 0.25) is 0 Å². The van der Waals surface area contributed by atoms with Crippen LogP contribution in [0.15, 0.2) is 18.2 Å². The van der Waals surface area contributed by atoms with E-state index < -0.39 is 5.97 Å². The Morgan fingerprint density at radius 1 is 1.21 bits per heavy atom. The van der Waals surface area contributed by atoms with Gasteiger partial charge >= 0.3 is 5.97 Å². The number of carboxylic acid groups (broad SMARTS) is 1. The summed E-state index contributed by atoms with van der Waals surface area (Å²) in [4.78, 5) is 24.4. The van der Waals surface area contributed by atoms with Crippen molar-refractivity contribution < 1.29 is 14.7 Å². The molecule has 0 saturated heterocycles. The van der Waals surface area contributed by atoms with Crippen LogP contribution in [-0.2, 0) is 17.6 Å². The molecule has 0 unspecified atom stereocenters. The lowest BCUT2D eigenvalue weighted by molar-refractivity contribution is -0.137. The van der Waals surface area contributed by atoms with Crippen molar-refractivity contribution in [1.82, 2.24) is 4.90 Å². The molecule has 102 valence electrons. The predicted octanol–water partition coefficient (Wildman–Crippen LogP) is 2.11. The molecule has 1 aliphatic rings. The fourth-order valence-corrected chi connectivity index (χ4v) is 2.54. The molecular formula is C15H19NO3. The molecule has 1 N–H and O–H groups in total. The van der Waals surface area contributed by atoms with Crippen molar-refractivity contribution in [1.29, 1.82) is 0 Å². The first-order chi connectivity index (χ1) is 9.11. The summed E-state index contributed by atoms with van der Waals surface area (Å²) >= 11 is 0. The lowest BCUT2D eigenvalue weighted by atomic mass is 9.90. The monoisotopic (exact) mass is 261 g/mol. The molecule has 4 nitrogen and oxygen atoms in total. The van der Waals surface area contributed by atoms with Crippen LogP contribution in [0, 0.1) is 0 Å². The number of fused-ring (bicyclic) bond motifs is 1. The molecule has 0 aromatic heterocycles. The summed E-state index contributed by atoms with van der Waals surface area (Å²) in [6.45, 7) is 1.95. The molecule has 0 radical (unpaired) electrons. The molecule has 0 aliphatic heterocycles. The average molecular weight is 261 g/mol. The molecule has 0 fully saturated rings. The van der Waals surface area contributed by atoms with Gasteiger partial charge in [0, 0.05) is 12.1 Å². The van der Waals surface area contributed by atoms with Crippen LogP contribution in [0.2, 0.25) is 0 Å². The number of carbonyl (C=O) groups excluding carboxylic acids is 1. The number of aliphatic carboxylic acids is 1. The lowest BCUT2D eigenvalue weighted by Gasteiger charge is -2.21. The van der Waals surface area contributed by atoms with Crippen LogP contribution in [0.3, 0.4) is 0 Å². The minimum Gasteiger partial charge on any atom is -0.480 e. The second kappa shape index (κ2) is 5.87. The zero-order chi connectivity index (χ0) is 13.8. The first-order valence-electron chi connectivity index (χ1n) is 6.74. The number of aryl methyl sites for hydroxylation is 2. The highest BCUT2D eigenvalue weighted by atomic mass is 16.4. The Morgan fingerprint density at radius 2 is 1.89 bits per heavy atom. The van der Waals surface area contributed by atoms with Gasteiger partial charge in [-0.2, -0.15) is 0 Å². The number of benzene rings is 1. The van der Waals surface area contributed by atoms with Gasteiger partial charge < -0.3 is 10.0 Å². The van der Waals surface area contributed by atoms with Crippen LogP contribution in [0.25, 0.3) is 0 Å². The predicted molar refractivity (Wildman–Crippen MR) is 72.3 cm³/mol. The number of amides is 1. The van der Waals surface area contributed by atoms with E-state index in [0.717, 1.165) is 19.3 Å². The number of carbonyl (C=O) groups is 2. The fourth-order valence-electron chi connectivity index (χ4n) is 2.54. The van der Waals surface area contributed by atoms with E-state index in [1.54, 1.807) is 6.92 Å². The van der Waals surface area contributed by atoms with Crippen LogP contribution >= 0.6 is 0 Å². The number of hydrogen-bond donors (Lipinski definition) is 1. The molecule has 0 spiro atoms. The van der Waals surface area contributed by atoms with Gasteiger partial charge in [0.25, 0.3) is 5.91 Å². The van der Waals surface area contributed by atoms with E-state index in [9.17, 15) is 9.59 Å². The fraction of sp³-hybridized carbons (Fsp3) is 0.467. The van der Waals surface area contributed by atoms with Gasteiger partial charge in [0.15, 0.2) is 0 Å². The van der Waals surface area contributed by atoms with Gasteiger partial charge in [-0.25, -0.2) is 0 Å².